The number of fused-ring (bicyclic) bond motifs is 1. The van der Waals surface area contributed by atoms with Gasteiger partial charge in [-0.2, -0.15) is 0 Å². The molecule has 0 aliphatic carbocycles. The van der Waals surface area contributed by atoms with Crippen molar-refractivity contribution in [1.82, 2.24) is 0 Å². The van der Waals surface area contributed by atoms with Gasteiger partial charge in [-0.3, -0.25) is 9.59 Å². The maximum Gasteiger partial charge on any atom is 0.264 e. The summed E-state index contributed by atoms with van der Waals surface area (Å²) in [5.74, 6) is -0.802. The van der Waals surface area contributed by atoms with E-state index in [1.807, 2.05) is 24.3 Å². The summed E-state index contributed by atoms with van der Waals surface area (Å²) in [6.07, 6.45) is -0.314. The number of amides is 1. The zero-order chi connectivity index (χ0) is 19.7. The van der Waals surface area contributed by atoms with Crippen LogP contribution in [0.15, 0.2) is 78.9 Å². The van der Waals surface area contributed by atoms with E-state index in [2.05, 4.69) is 0 Å². The fraction of sp³-hybridized carbons (Fsp3) is 0.130. The zero-order valence-corrected chi connectivity index (χ0v) is 15.8. The summed E-state index contributed by atoms with van der Waals surface area (Å²) in [6, 6.07) is 23.0. The van der Waals surface area contributed by atoms with Crippen molar-refractivity contribution in [1.29, 1.82) is 0 Å². The van der Waals surface area contributed by atoms with E-state index in [1.165, 1.54) is 4.90 Å². The molecular formula is C23H18ClNO3. The number of rotatable bonds is 5. The van der Waals surface area contributed by atoms with Gasteiger partial charge in [-0.15, -0.1) is 0 Å². The van der Waals surface area contributed by atoms with E-state index in [9.17, 15) is 14.7 Å². The normalized spacial score (nSPS) is 18.2. The predicted octanol–water partition coefficient (Wildman–Crippen LogP) is 4.35. The van der Waals surface area contributed by atoms with Crippen molar-refractivity contribution in [3.05, 3.63) is 101 Å². The van der Waals surface area contributed by atoms with Gasteiger partial charge in [0.05, 0.1) is 18.7 Å². The van der Waals surface area contributed by atoms with Gasteiger partial charge in [0.1, 0.15) is 0 Å². The Balaban J connectivity index is 1.70. The fourth-order valence-electron chi connectivity index (χ4n) is 3.59. The Morgan fingerprint density at radius 1 is 0.929 bits per heavy atom. The van der Waals surface area contributed by atoms with E-state index in [0.717, 1.165) is 5.56 Å². The van der Waals surface area contributed by atoms with Crippen LogP contribution < -0.4 is 4.90 Å². The maximum absolute atomic E-state index is 13.2. The number of hydrogen-bond acceptors (Lipinski definition) is 3. The minimum absolute atomic E-state index is 0.220. The number of carbonyl (C=O) groups excluding carboxylic acids is 2. The number of aliphatic hydroxyl groups is 1. The van der Waals surface area contributed by atoms with Gasteiger partial charge in [-0.1, -0.05) is 78.3 Å². The average molecular weight is 392 g/mol. The molecule has 1 aliphatic rings. The Morgan fingerprint density at radius 3 is 2.32 bits per heavy atom. The first-order valence-corrected chi connectivity index (χ1v) is 9.34. The number of carbonyl (C=O) groups is 2. The van der Waals surface area contributed by atoms with Crippen LogP contribution in [-0.4, -0.2) is 16.8 Å². The Labute approximate surface area is 168 Å². The third-order valence-corrected chi connectivity index (χ3v) is 5.41. The second kappa shape index (κ2) is 7.23. The highest BCUT2D eigenvalue weighted by Crippen LogP contribution is 2.43. The van der Waals surface area contributed by atoms with E-state index in [-0.39, 0.29) is 18.7 Å². The van der Waals surface area contributed by atoms with Gasteiger partial charge in [0.2, 0.25) is 0 Å². The van der Waals surface area contributed by atoms with Crippen molar-refractivity contribution in [2.75, 3.05) is 4.90 Å². The molecule has 3 aromatic rings. The molecule has 0 bridgehead atoms. The smallest absolute Gasteiger partial charge is 0.264 e. The van der Waals surface area contributed by atoms with Crippen LogP contribution >= 0.6 is 11.6 Å². The molecule has 1 amide bonds. The SMILES string of the molecule is O=C(CC1(O)C(=O)N(Cc2ccccc2Cl)c2ccccc21)c1ccccc1. The number of benzene rings is 3. The van der Waals surface area contributed by atoms with Crippen LogP contribution in [0.3, 0.4) is 0 Å². The molecule has 5 heteroatoms. The lowest BCUT2D eigenvalue weighted by Crippen LogP contribution is -2.41. The summed E-state index contributed by atoms with van der Waals surface area (Å²) in [5.41, 5.74) is 0.369. The lowest BCUT2D eigenvalue weighted by Gasteiger charge is -2.23. The first-order chi connectivity index (χ1) is 13.5. The predicted molar refractivity (Wildman–Crippen MR) is 108 cm³/mol. The number of nitrogens with zero attached hydrogens (tertiary/aromatic N) is 1. The maximum atomic E-state index is 13.2. The highest BCUT2D eigenvalue weighted by atomic mass is 35.5. The van der Waals surface area contributed by atoms with Crippen LogP contribution in [0.5, 0.6) is 0 Å². The average Bonchev–Trinajstić information content (AvgIpc) is 2.92. The summed E-state index contributed by atoms with van der Waals surface area (Å²) in [7, 11) is 0. The van der Waals surface area contributed by atoms with Gasteiger partial charge in [0.15, 0.2) is 11.4 Å². The number of ketones is 1. The quantitative estimate of drug-likeness (QED) is 0.658. The molecule has 0 aromatic heterocycles. The monoisotopic (exact) mass is 391 g/mol. The van der Waals surface area contributed by atoms with Crippen LogP contribution in [0.25, 0.3) is 0 Å². The minimum Gasteiger partial charge on any atom is -0.375 e. The third kappa shape index (κ3) is 3.11. The molecule has 1 N–H and O–H groups in total. The Bertz CT molecular complexity index is 1050. The molecule has 0 radical (unpaired) electrons. The minimum atomic E-state index is -1.90. The van der Waals surface area contributed by atoms with Gasteiger partial charge >= 0.3 is 0 Å². The Kier molecular flexibility index (Phi) is 4.75. The molecule has 1 heterocycles. The van der Waals surface area contributed by atoms with Crippen molar-refractivity contribution < 1.29 is 14.7 Å². The number of halogens is 1. The highest BCUT2D eigenvalue weighted by molar-refractivity contribution is 6.31. The first-order valence-electron chi connectivity index (χ1n) is 8.96. The molecular weight excluding hydrogens is 374 g/mol. The lowest BCUT2D eigenvalue weighted by atomic mass is 9.88. The van der Waals surface area contributed by atoms with E-state index >= 15 is 0 Å². The van der Waals surface area contributed by atoms with Gasteiger partial charge in [0.25, 0.3) is 5.91 Å². The van der Waals surface area contributed by atoms with E-state index in [1.54, 1.807) is 54.6 Å². The number of anilines is 1. The van der Waals surface area contributed by atoms with Crippen molar-refractivity contribution in [3.63, 3.8) is 0 Å². The van der Waals surface area contributed by atoms with Gasteiger partial charge in [0, 0.05) is 16.1 Å². The Hall–Kier alpha value is -2.95. The van der Waals surface area contributed by atoms with Crippen LogP contribution in [0.2, 0.25) is 5.02 Å². The zero-order valence-electron chi connectivity index (χ0n) is 15.0. The largest absolute Gasteiger partial charge is 0.375 e. The molecule has 140 valence electrons. The highest BCUT2D eigenvalue weighted by Gasteiger charge is 2.50. The van der Waals surface area contributed by atoms with Crippen molar-refractivity contribution in [2.24, 2.45) is 0 Å². The Morgan fingerprint density at radius 2 is 1.57 bits per heavy atom. The van der Waals surface area contributed by atoms with Gasteiger partial charge in [-0.25, -0.2) is 0 Å². The molecule has 1 aliphatic heterocycles. The fourth-order valence-corrected chi connectivity index (χ4v) is 3.79. The van der Waals surface area contributed by atoms with Crippen molar-refractivity contribution in [3.8, 4) is 0 Å². The lowest BCUT2D eigenvalue weighted by molar-refractivity contribution is -0.136. The first kappa shape index (κ1) is 18.4. The van der Waals surface area contributed by atoms with E-state index in [4.69, 9.17) is 11.6 Å². The molecule has 1 atom stereocenters. The number of para-hydroxylation sites is 1. The third-order valence-electron chi connectivity index (χ3n) is 5.04. The van der Waals surface area contributed by atoms with Crippen molar-refractivity contribution >= 4 is 29.0 Å². The van der Waals surface area contributed by atoms with E-state index in [0.29, 0.717) is 21.8 Å². The van der Waals surface area contributed by atoms with Gasteiger partial charge < -0.3 is 10.0 Å². The van der Waals surface area contributed by atoms with Crippen molar-refractivity contribution in [2.45, 2.75) is 18.6 Å². The van der Waals surface area contributed by atoms with Crippen LogP contribution in [0.4, 0.5) is 5.69 Å². The summed E-state index contributed by atoms with van der Waals surface area (Å²) in [4.78, 5) is 27.5. The molecule has 0 fully saturated rings. The molecule has 3 aromatic carbocycles. The molecule has 4 nitrogen and oxygen atoms in total. The second-order valence-electron chi connectivity index (χ2n) is 6.83. The summed E-state index contributed by atoms with van der Waals surface area (Å²) in [6.45, 7) is 0.220. The van der Waals surface area contributed by atoms with Crippen LogP contribution in [0.1, 0.15) is 27.9 Å². The number of Topliss-reactive ketones (excluding diaryl/α,β-unsaturated/α-hetero) is 1. The van der Waals surface area contributed by atoms with E-state index < -0.39 is 11.5 Å². The van der Waals surface area contributed by atoms with Gasteiger partial charge in [-0.05, 0) is 17.7 Å². The molecule has 28 heavy (non-hydrogen) atoms. The molecule has 1 unspecified atom stereocenters. The molecule has 4 rings (SSSR count). The summed E-state index contributed by atoms with van der Waals surface area (Å²) >= 11 is 6.26. The number of hydrogen-bond donors (Lipinski definition) is 1. The molecule has 0 spiro atoms. The summed E-state index contributed by atoms with van der Waals surface area (Å²) in [5, 5.41) is 11.9. The topological polar surface area (TPSA) is 57.6 Å². The summed E-state index contributed by atoms with van der Waals surface area (Å²) < 4.78 is 0. The molecule has 0 saturated heterocycles. The van der Waals surface area contributed by atoms with Crippen LogP contribution in [0, 0.1) is 0 Å². The second-order valence-corrected chi connectivity index (χ2v) is 7.23. The molecule has 0 saturated carbocycles. The van der Waals surface area contributed by atoms with Crippen LogP contribution in [-0.2, 0) is 16.9 Å². The standard InChI is InChI=1S/C23H18ClNO3/c24-19-12-6-4-10-17(19)15-25-20-13-7-5-11-18(20)23(28,22(25)27)14-21(26)16-8-2-1-3-9-16/h1-13,28H,14-15H2.